The van der Waals surface area contributed by atoms with Gasteiger partial charge in [-0.05, 0) is 37.3 Å². The van der Waals surface area contributed by atoms with E-state index < -0.39 is 5.91 Å². The second-order valence-electron chi connectivity index (χ2n) is 6.67. The molecule has 0 saturated heterocycles. The van der Waals surface area contributed by atoms with Crippen molar-refractivity contribution in [2.24, 2.45) is 0 Å². The Bertz CT molecular complexity index is 1160. The maximum absolute atomic E-state index is 13.7. The SMILES string of the molecule is CCOc1ccccc1N1C(=O)C(Sc2ccccc2)=C(c2ccccc2OC)C1=O. The molecule has 0 aromatic heterocycles. The van der Waals surface area contributed by atoms with Crippen molar-refractivity contribution >= 4 is 34.8 Å². The highest BCUT2D eigenvalue weighted by Gasteiger charge is 2.42. The summed E-state index contributed by atoms with van der Waals surface area (Å²) < 4.78 is 11.2. The molecule has 0 atom stereocenters. The van der Waals surface area contributed by atoms with E-state index in [1.165, 1.54) is 16.7 Å². The molecule has 6 heteroatoms. The number of ether oxygens (including phenoxy) is 2. The van der Waals surface area contributed by atoms with Crippen LogP contribution in [-0.4, -0.2) is 25.5 Å². The van der Waals surface area contributed by atoms with Gasteiger partial charge in [-0.25, -0.2) is 4.90 Å². The normalized spacial score (nSPS) is 13.7. The highest BCUT2D eigenvalue weighted by atomic mass is 32.2. The number of nitrogens with zero attached hydrogens (tertiary/aromatic N) is 1. The fourth-order valence-electron chi connectivity index (χ4n) is 3.44. The number of imide groups is 1. The van der Waals surface area contributed by atoms with Crippen LogP contribution in [0.15, 0.2) is 88.7 Å². The van der Waals surface area contributed by atoms with Crippen LogP contribution in [0.25, 0.3) is 5.57 Å². The molecule has 0 fully saturated rings. The summed E-state index contributed by atoms with van der Waals surface area (Å²) >= 11 is 1.27. The summed E-state index contributed by atoms with van der Waals surface area (Å²) in [5.74, 6) is 0.230. The van der Waals surface area contributed by atoms with Crippen LogP contribution in [0, 0.1) is 0 Å². The summed E-state index contributed by atoms with van der Waals surface area (Å²) in [7, 11) is 1.55. The summed E-state index contributed by atoms with van der Waals surface area (Å²) in [4.78, 5) is 29.7. The topological polar surface area (TPSA) is 55.8 Å². The summed E-state index contributed by atoms with van der Waals surface area (Å²) in [6, 6.07) is 23.8. The van der Waals surface area contributed by atoms with Gasteiger partial charge in [-0.2, -0.15) is 0 Å². The van der Waals surface area contributed by atoms with Crippen LogP contribution < -0.4 is 14.4 Å². The smallest absolute Gasteiger partial charge is 0.273 e. The van der Waals surface area contributed by atoms with Crippen molar-refractivity contribution in [2.45, 2.75) is 11.8 Å². The van der Waals surface area contributed by atoms with Crippen LogP contribution >= 0.6 is 11.8 Å². The third kappa shape index (κ3) is 3.94. The lowest BCUT2D eigenvalue weighted by Crippen LogP contribution is -2.31. The minimum Gasteiger partial charge on any atom is -0.496 e. The molecule has 3 aromatic carbocycles. The van der Waals surface area contributed by atoms with Gasteiger partial charge in [-0.15, -0.1) is 0 Å². The number of benzene rings is 3. The zero-order valence-corrected chi connectivity index (χ0v) is 18.0. The third-order valence-corrected chi connectivity index (χ3v) is 5.88. The Balaban J connectivity index is 1.87. The maximum atomic E-state index is 13.7. The quantitative estimate of drug-likeness (QED) is 0.483. The van der Waals surface area contributed by atoms with Crippen molar-refractivity contribution in [3.63, 3.8) is 0 Å². The van der Waals surface area contributed by atoms with E-state index in [4.69, 9.17) is 9.47 Å². The zero-order chi connectivity index (χ0) is 21.8. The third-order valence-electron chi connectivity index (χ3n) is 4.79. The average Bonchev–Trinajstić information content (AvgIpc) is 3.04. The number of anilines is 1. The Kier molecular flexibility index (Phi) is 6.09. The van der Waals surface area contributed by atoms with Gasteiger partial charge in [-0.3, -0.25) is 9.59 Å². The van der Waals surface area contributed by atoms with Gasteiger partial charge in [0.1, 0.15) is 11.5 Å². The van der Waals surface area contributed by atoms with Gasteiger partial charge in [0, 0.05) is 10.5 Å². The second kappa shape index (κ2) is 9.10. The minimum atomic E-state index is -0.403. The van der Waals surface area contributed by atoms with Crippen molar-refractivity contribution in [1.29, 1.82) is 0 Å². The van der Waals surface area contributed by atoms with E-state index in [0.717, 1.165) is 4.90 Å². The number of amides is 2. The molecule has 0 aliphatic carbocycles. The zero-order valence-electron chi connectivity index (χ0n) is 17.2. The molecule has 1 aliphatic heterocycles. The number of hydrogen-bond acceptors (Lipinski definition) is 5. The monoisotopic (exact) mass is 431 g/mol. The number of carbonyl (C=O) groups excluding carboxylic acids is 2. The second-order valence-corrected chi connectivity index (χ2v) is 7.75. The van der Waals surface area contributed by atoms with Crippen molar-refractivity contribution < 1.29 is 19.1 Å². The first-order chi connectivity index (χ1) is 15.2. The van der Waals surface area contributed by atoms with E-state index in [-0.39, 0.29) is 5.91 Å². The number of rotatable bonds is 7. The molecule has 0 N–H and O–H groups in total. The highest BCUT2D eigenvalue weighted by molar-refractivity contribution is 8.04. The highest BCUT2D eigenvalue weighted by Crippen LogP contribution is 2.45. The Hall–Kier alpha value is -3.51. The first-order valence-corrected chi connectivity index (χ1v) is 10.7. The van der Waals surface area contributed by atoms with Crippen LogP contribution in [0.5, 0.6) is 11.5 Å². The molecule has 2 amide bonds. The van der Waals surface area contributed by atoms with E-state index in [9.17, 15) is 9.59 Å². The molecular formula is C25H21NO4S. The van der Waals surface area contributed by atoms with Crippen LogP contribution in [0.4, 0.5) is 5.69 Å². The van der Waals surface area contributed by atoms with Gasteiger partial charge in [0.15, 0.2) is 0 Å². The average molecular weight is 432 g/mol. The predicted octanol–water partition coefficient (Wildman–Crippen LogP) is 5.17. The fourth-order valence-corrected chi connectivity index (χ4v) is 4.44. The van der Waals surface area contributed by atoms with Crippen LogP contribution in [0.3, 0.4) is 0 Å². The van der Waals surface area contributed by atoms with Crippen molar-refractivity contribution in [2.75, 3.05) is 18.6 Å². The van der Waals surface area contributed by atoms with Gasteiger partial charge in [-0.1, -0.05) is 60.3 Å². The number of para-hydroxylation sites is 3. The predicted molar refractivity (Wildman–Crippen MR) is 122 cm³/mol. The van der Waals surface area contributed by atoms with Crippen LogP contribution in [0.1, 0.15) is 12.5 Å². The molecule has 0 saturated carbocycles. The first-order valence-electron chi connectivity index (χ1n) is 9.86. The van der Waals surface area contributed by atoms with Gasteiger partial charge in [0.05, 0.1) is 29.9 Å². The molecule has 31 heavy (non-hydrogen) atoms. The fraction of sp³-hybridized carbons (Fsp3) is 0.120. The Labute approximate surface area is 185 Å². The lowest BCUT2D eigenvalue weighted by Gasteiger charge is -2.19. The van der Waals surface area contributed by atoms with Crippen molar-refractivity contribution in [3.8, 4) is 11.5 Å². The molecule has 156 valence electrons. The number of hydrogen-bond donors (Lipinski definition) is 0. The minimum absolute atomic E-state index is 0.322. The van der Waals surface area contributed by atoms with Gasteiger partial charge in [0.25, 0.3) is 11.8 Å². The van der Waals surface area contributed by atoms with Gasteiger partial charge in [0.2, 0.25) is 0 Å². The Morgan fingerprint density at radius 3 is 2.16 bits per heavy atom. The van der Waals surface area contributed by atoms with E-state index >= 15 is 0 Å². The standard InChI is InChI=1S/C25H21NO4S/c1-3-30-21-16-10-8-14-19(21)26-24(27)22(18-13-7-9-15-20(18)29-2)23(25(26)28)31-17-11-5-4-6-12-17/h4-16H,3H2,1-2H3. The van der Waals surface area contributed by atoms with Crippen LogP contribution in [-0.2, 0) is 9.59 Å². The Morgan fingerprint density at radius 1 is 0.806 bits per heavy atom. The molecular weight excluding hydrogens is 410 g/mol. The lowest BCUT2D eigenvalue weighted by molar-refractivity contribution is -0.119. The van der Waals surface area contributed by atoms with Crippen molar-refractivity contribution in [1.82, 2.24) is 0 Å². The van der Waals surface area contributed by atoms with E-state index in [2.05, 4.69) is 0 Å². The summed E-state index contributed by atoms with van der Waals surface area (Å²) in [5.41, 5.74) is 1.33. The van der Waals surface area contributed by atoms with E-state index in [1.54, 1.807) is 37.4 Å². The molecule has 1 heterocycles. The van der Waals surface area contributed by atoms with E-state index in [0.29, 0.717) is 39.8 Å². The first kappa shape index (κ1) is 20.8. The number of methoxy groups -OCH3 is 1. The molecule has 1 aliphatic rings. The molecule has 4 rings (SSSR count). The van der Waals surface area contributed by atoms with Gasteiger partial charge < -0.3 is 9.47 Å². The van der Waals surface area contributed by atoms with Crippen LogP contribution in [0.2, 0.25) is 0 Å². The Morgan fingerprint density at radius 2 is 1.45 bits per heavy atom. The summed E-state index contributed by atoms with van der Waals surface area (Å²) in [5, 5.41) is 0. The number of thioether (sulfide) groups is 1. The molecule has 0 spiro atoms. The number of carbonyl (C=O) groups is 2. The molecule has 5 nitrogen and oxygen atoms in total. The molecule has 0 bridgehead atoms. The largest absolute Gasteiger partial charge is 0.496 e. The van der Waals surface area contributed by atoms with Gasteiger partial charge >= 0.3 is 0 Å². The maximum Gasteiger partial charge on any atom is 0.273 e. The molecule has 3 aromatic rings. The summed E-state index contributed by atoms with van der Waals surface area (Å²) in [6.45, 7) is 2.28. The van der Waals surface area contributed by atoms with E-state index in [1.807, 2.05) is 55.5 Å². The lowest BCUT2D eigenvalue weighted by atomic mass is 10.0. The molecule has 0 radical (unpaired) electrons. The van der Waals surface area contributed by atoms with Crippen molar-refractivity contribution in [3.05, 3.63) is 89.3 Å². The molecule has 0 unspecified atom stereocenters. The summed E-state index contributed by atoms with van der Waals surface area (Å²) in [6.07, 6.45) is 0.